The molecule has 0 radical (unpaired) electrons. The maximum Gasteiger partial charge on any atom is 0.191 e. The van der Waals surface area contributed by atoms with Crippen LogP contribution < -0.4 is 10.6 Å². The van der Waals surface area contributed by atoms with Gasteiger partial charge in [0.05, 0.1) is 6.04 Å². The lowest BCUT2D eigenvalue weighted by Crippen LogP contribution is -2.44. The SMILES string of the molecule is CCCN(C)C(CNC1=NCCCN1)c1ccc(Cl)cc1. The van der Waals surface area contributed by atoms with Crippen LogP contribution in [0.1, 0.15) is 31.4 Å². The second-order valence-corrected chi connectivity index (χ2v) is 5.88. The number of aliphatic imine (C=N–C) groups is 1. The summed E-state index contributed by atoms with van der Waals surface area (Å²) in [7, 11) is 2.17. The van der Waals surface area contributed by atoms with Crippen molar-refractivity contribution in [3.8, 4) is 0 Å². The standard InChI is InChI=1S/C16H25ClN4/c1-3-11-21(2)15(13-5-7-14(17)8-6-13)12-20-16-18-9-4-10-19-16/h5-8,15H,3-4,9-12H2,1-2H3,(H2,18,19,20). The van der Waals surface area contributed by atoms with E-state index in [1.165, 1.54) is 5.56 Å². The summed E-state index contributed by atoms with van der Waals surface area (Å²) in [4.78, 5) is 6.84. The van der Waals surface area contributed by atoms with E-state index < -0.39 is 0 Å². The molecule has 2 rings (SSSR count). The lowest BCUT2D eigenvalue weighted by Gasteiger charge is -2.29. The van der Waals surface area contributed by atoms with Crippen molar-refractivity contribution in [2.45, 2.75) is 25.8 Å². The van der Waals surface area contributed by atoms with Crippen LogP contribution in [0.4, 0.5) is 0 Å². The summed E-state index contributed by atoms with van der Waals surface area (Å²) in [6, 6.07) is 8.45. The zero-order chi connectivity index (χ0) is 15.1. The molecule has 116 valence electrons. The molecule has 1 aliphatic rings. The van der Waals surface area contributed by atoms with Crippen molar-refractivity contribution in [3.63, 3.8) is 0 Å². The lowest BCUT2D eigenvalue weighted by molar-refractivity contribution is 0.245. The molecule has 0 spiro atoms. The van der Waals surface area contributed by atoms with E-state index in [1.54, 1.807) is 0 Å². The Bertz CT molecular complexity index is 458. The first-order valence-corrected chi connectivity index (χ1v) is 8.06. The first-order chi connectivity index (χ1) is 10.2. The minimum Gasteiger partial charge on any atom is -0.356 e. The van der Waals surface area contributed by atoms with Crippen LogP contribution in [0.5, 0.6) is 0 Å². The smallest absolute Gasteiger partial charge is 0.191 e. The Balaban J connectivity index is 2.04. The fraction of sp³-hybridized carbons (Fsp3) is 0.562. The van der Waals surface area contributed by atoms with Crippen molar-refractivity contribution in [1.82, 2.24) is 15.5 Å². The molecule has 0 aliphatic carbocycles. The molecule has 0 saturated heterocycles. The van der Waals surface area contributed by atoms with Gasteiger partial charge in [0.1, 0.15) is 0 Å². The van der Waals surface area contributed by atoms with Crippen LogP contribution in [0.15, 0.2) is 29.3 Å². The van der Waals surface area contributed by atoms with Gasteiger partial charge in [0, 0.05) is 24.7 Å². The maximum atomic E-state index is 6.00. The van der Waals surface area contributed by atoms with E-state index in [1.807, 2.05) is 12.1 Å². The average Bonchev–Trinajstić information content (AvgIpc) is 2.50. The summed E-state index contributed by atoms with van der Waals surface area (Å²) in [5.41, 5.74) is 1.28. The van der Waals surface area contributed by atoms with Crippen molar-refractivity contribution in [2.24, 2.45) is 4.99 Å². The zero-order valence-corrected chi connectivity index (χ0v) is 13.7. The van der Waals surface area contributed by atoms with Gasteiger partial charge in [-0.25, -0.2) is 0 Å². The molecule has 4 nitrogen and oxygen atoms in total. The molecule has 0 aromatic heterocycles. The molecular formula is C16H25ClN4. The number of hydrogen-bond acceptors (Lipinski definition) is 4. The fourth-order valence-corrected chi connectivity index (χ4v) is 2.69. The topological polar surface area (TPSA) is 39.7 Å². The molecule has 0 fully saturated rings. The van der Waals surface area contributed by atoms with E-state index in [0.717, 1.165) is 50.0 Å². The zero-order valence-electron chi connectivity index (χ0n) is 12.9. The summed E-state index contributed by atoms with van der Waals surface area (Å²) in [5.74, 6) is 0.921. The fourth-order valence-electron chi connectivity index (χ4n) is 2.57. The molecule has 1 aliphatic heterocycles. The van der Waals surface area contributed by atoms with Crippen LogP contribution >= 0.6 is 11.6 Å². The molecule has 5 heteroatoms. The highest BCUT2D eigenvalue weighted by molar-refractivity contribution is 6.30. The van der Waals surface area contributed by atoms with Gasteiger partial charge < -0.3 is 10.6 Å². The number of halogens is 1. The largest absolute Gasteiger partial charge is 0.356 e. The second-order valence-electron chi connectivity index (χ2n) is 5.44. The Morgan fingerprint density at radius 1 is 1.38 bits per heavy atom. The average molecular weight is 309 g/mol. The molecule has 1 atom stereocenters. The van der Waals surface area contributed by atoms with E-state index in [9.17, 15) is 0 Å². The van der Waals surface area contributed by atoms with Crippen LogP contribution in [-0.4, -0.2) is 44.1 Å². The minimum absolute atomic E-state index is 0.314. The van der Waals surface area contributed by atoms with Crippen molar-refractivity contribution in [2.75, 3.05) is 33.2 Å². The van der Waals surface area contributed by atoms with Gasteiger partial charge in [-0.1, -0.05) is 30.7 Å². The van der Waals surface area contributed by atoms with Gasteiger partial charge in [-0.3, -0.25) is 9.89 Å². The normalized spacial score (nSPS) is 16.3. The highest BCUT2D eigenvalue weighted by Gasteiger charge is 2.17. The molecule has 1 unspecified atom stereocenters. The first-order valence-electron chi connectivity index (χ1n) is 7.68. The third-order valence-electron chi connectivity index (χ3n) is 3.72. The summed E-state index contributed by atoms with van der Waals surface area (Å²) < 4.78 is 0. The Morgan fingerprint density at radius 3 is 2.76 bits per heavy atom. The molecule has 2 N–H and O–H groups in total. The number of benzene rings is 1. The molecule has 1 aromatic rings. The predicted octanol–water partition coefficient (Wildman–Crippen LogP) is 2.66. The third kappa shape index (κ3) is 4.90. The van der Waals surface area contributed by atoms with Gasteiger partial charge in [-0.05, 0) is 44.1 Å². The number of guanidine groups is 1. The highest BCUT2D eigenvalue weighted by atomic mass is 35.5. The van der Waals surface area contributed by atoms with Crippen LogP contribution in [0.2, 0.25) is 5.02 Å². The predicted molar refractivity (Wildman–Crippen MR) is 90.0 cm³/mol. The van der Waals surface area contributed by atoms with E-state index in [2.05, 4.69) is 46.6 Å². The Labute approximate surface area is 132 Å². The Morgan fingerprint density at radius 2 is 2.14 bits per heavy atom. The molecule has 0 saturated carbocycles. The summed E-state index contributed by atoms with van der Waals surface area (Å²) in [6.45, 7) is 6.02. The lowest BCUT2D eigenvalue weighted by atomic mass is 10.1. The summed E-state index contributed by atoms with van der Waals surface area (Å²) in [5, 5.41) is 7.52. The van der Waals surface area contributed by atoms with Gasteiger partial charge in [0.25, 0.3) is 0 Å². The second kappa shape index (κ2) is 8.25. The number of likely N-dealkylation sites (N-methyl/N-ethyl adjacent to an activating group) is 1. The third-order valence-corrected chi connectivity index (χ3v) is 3.98. The highest BCUT2D eigenvalue weighted by Crippen LogP contribution is 2.21. The maximum absolute atomic E-state index is 6.00. The van der Waals surface area contributed by atoms with Crippen molar-refractivity contribution in [1.29, 1.82) is 0 Å². The van der Waals surface area contributed by atoms with E-state index in [-0.39, 0.29) is 0 Å². The van der Waals surface area contributed by atoms with Gasteiger partial charge in [0.15, 0.2) is 5.96 Å². The van der Waals surface area contributed by atoms with Gasteiger partial charge in [-0.2, -0.15) is 0 Å². The van der Waals surface area contributed by atoms with Crippen molar-refractivity contribution >= 4 is 17.6 Å². The van der Waals surface area contributed by atoms with Gasteiger partial charge in [-0.15, -0.1) is 0 Å². The van der Waals surface area contributed by atoms with Crippen molar-refractivity contribution in [3.05, 3.63) is 34.9 Å². The first kappa shape index (κ1) is 16.1. The van der Waals surface area contributed by atoms with Gasteiger partial charge >= 0.3 is 0 Å². The molecule has 0 amide bonds. The van der Waals surface area contributed by atoms with E-state index in [0.29, 0.717) is 6.04 Å². The molecular weight excluding hydrogens is 284 g/mol. The molecule has 1 heterocycles. The van der Waals surface area contributed by atoms with E-state index >= 15 is 0 Å². The Hall–Kier alpha value is -1.26. The van der Waals surface area contributed by atoms with Crippen LogP contribution in [0.25, 0.3) is 0 Å². The van der Waals surface area contributed by atoms with Crippen LogP contribution in [0.3, 0.4) is 0 Å². The van der Waals surface area contributed by atoms with Crippen LogP contribution in [0, 0.1) is 0 Å². The van der Waals surface area contributed by atoms with Crippen LogP contribution in [-0.2, 0) is 0 Å². The van der Waals surface area contributed by atoms with Gasteiger partial charge in [0.2, 0.25) is 0 Å². The quantitative estimate of drug-likeness (QED) is 0.849. The number of hydrogen-bond donors (Lipinski definition) is 2. The summed E-state index contributed by atoms with van der Waals surface area (Å²) in [6.07, 6.45) is 2.25. The Kier molecular flexibility index (Phi) is 6.33. The van der Waals surface area contributed by atoms with Crippen molar-refractivity contribution < 1.29 is 0 Å². The molecule has 1 aromatic carbocycles. The minimum atomic E-state index is 0.314. The monoisotopic (exact) mass is 308 g/mol. The number of nitrogens with zero attached hydrogens (tertiary/aromatic N) is 2. The molecule has 0 bridgehead atoms. The number of nitrogens with one attached hydrogen (secondary N) is 2. The summed E-state index contributed by atoms with van der Waals surface area (Å²) >= 11 is 6.00. The molecule has 21 heavy (non-hydrogen) atoms. The van der Waals surface area contributed by atoms with E-state index in [4.69, 9.17) is 11.6 Å². The number of rotatable bonds is 6.